The molecule has 24 heavy (non-hydrogen) atoms. The smallest absolute Gasteiger partial charge is 1.00 e. The monoisotopic (exact) mass is 410 g/mol. The molecule has 11 atom stereocenters. The Morgan fingerprint density at radius 3 is 2.62 bits per heavy atom. The molecule has 10 aliphatic rings. The molecule has 9 aliphatic carbocycles. The predicted octanol–water partition coefficient (Wildman–Crippen LogP) is -4.65. The van der Waals surface area contributed by atoms with Gasteiger partial charge in [0.1, 0.15) is 0 Å². The second kappa shape index (κ2) is 3.71. The second-order valence-electron chi connectivity index (χ2n) is 9.61. The summed E-state index contributed by atoms with van der Waals surface area (Å²) < 4.78 is 3.03. The number of hydrogen-bond donors (Lipinski definition) is 1. The van der Waals surface area contributed by atoms with Crippen LogP contribution in [-0.2, 0) is 25.5 Å². The Hall–Kier alpha value is 0.461. The maximum absolute atomic E-state index is 12.5. The summed E-state index contributed by atoms with van der Waals surface area (Å²) in [6, 6.07) is 0. The number of nitrogens with one attached hydrogen (secondary N) is 1. The Morgan fingerprint density at radius 1 is 1.25 bits per heavy atom. The first-order valence-corrected chi connectivity index (χ1v) is 11.5. The molecule has 0 aromatic carbocycles. The molecular formula is C18H18Cl2NOSiTi. The van der Waals surface area contributed by atoms with E-state index in [1.165, 1.54) is 12.8 Å². The quantitative estimate of drug-likeness (QED) is 0.456. The molecule has 1 heterocycles. The predicted molar refractivity (Wildman–Crippen MR) is 78.9 cm³/mol. The van der Waals surface area contributed by atoms with Gasteiger partial charge in [-0.25, -0.2) is 0 Å². The van der Waals surface area contributed by atoms with Crippen molar-refractivity contribution in [2.45, 2.75) is 23.9 Å². The number of fused-ring (bicyclic) bond motifs is 1. The minimum Gasteiger partial charge on any atom is -1.00 e. The van der Waals surface area contributed by atoms with Crippen LogP contribution >= 0.6 is 0 Å². The SMILES string of the molecule is O=C([NH][Ti+2])C12C3CC45C1C24C1C3C15C1CC2C=CC=CC2[SiH2]1.[Cl-].[Cl-]. The third-order valence-corrected chi connectivity index (χ3v) is 13.8. The normalized spacial score (nSPS) is 71.5. The fraction of sp³-hybridized carbons (Fsp3) is 0.722. The molecule has 1 saturated heterocycles. The van der Waals surface area contributed by atoms with Gasteiger partial charge in [0.15, 0.2) is 0 Å². The van der Waals surface area contributed by atoms with Gasteiger partial charge >= 0.3 is 144 Å². The van der Waals surface area contributed by atoms with Gasteiger partial charge < -0.3 is 24.8 Å². The van der Waals surface area contributed by atoms with Crippen molar-refractivity contribution >= 4 is 15.4 Å². The van der Waals surface area contributed by atoms with Gasteiger partial charge in [-0.2, -0.15) is 0 Å². The number of hydrogen-bond acceptors (Lipinski definition) is 1. The minimum absolute atomic E-state index is 0. The summed E-state index contributed by atoms with van der Waals surface area (Å²) in [5.41, 5.74) is 4.40. The first kappa shape index (κ1) is 15.5. The number of allylic oxidation sites excluding steroid dienone is 4. The zero-order valence-electron chi connectivity index (χ0n) is 13.1. The molecule has 0 radical (unpaired) electrons. The zero-order valence-corrected chi connectivity index (χ0v) is 17.6. The molecule has 2 nitrogen and oxygen atoms in total. The Morgan fingerprint density at radius 2 is 2.04 bits per heavy atom. The van der Waals surface area contributed by atoms with Crippen molar-refractivity contribution in [2.75, 3.05) is 0 Å². The molecule has 123 valence electrons. The summed E-state index contributed by atoms with van der Waals surface area (Å²) in [5.74, 6) is 5.01. The van der Waals surface area contributed by atoms with Crippen LogP contribution in [0.1, 0.15) is 12.8 Å². The van der Waals surface area contributed by atoms with E-state index in [1.807, 2.05) is 20.7 Å². The Bertz CT molecular complexity index is 778. The van der Waals surface area contributed by atoms with Crippen molar-refractivity contribution in [3.8, 4) is 0 Å². The minimum atomic E-state index is 0. The van der Waals surface area contributed by atoms with E-state index in [0.29, 0.717) is 11.3 Å². The van der Waals surface area contributed by atoms with Crippen molar-refractivity contribution in [1.82, 2.24) is 3.80 Å². The number of carbonyl (C=O) groups is 1. The summed E-state index contributed by atoms with van der Waals surface area (Å²) in [6.07, 6.45) is 12.6. The van der Waals surface area contributed by atoms with Crippen molar-refractivity contribution in [2.24, 2.45) is 51.2 Å². The van der Waals surface area contributed by atoms with Gasteiger partial charge in [-0.05, 0) is 0 Å². The zero-order chi connectivity index (χ0) is 14.3. The molecule has 2 spiro atoms. The molecule has 0 aromatic heterocycles. The van der Waals surface area contributed by atoms with Crippen LogP contribution in [0.4, 0.5) is 0 Å². The van der Waals surface area contributed by atoms with Gasteiger partial charge in [-0.15, -0.1) is 0 Å². The molecule has 1 N–H and O–H groups in total. The average Bonchev–Trinajstić information content (AvgIpc) is 3.32. The summed E-state index contributed by atoms with van der Waals surface area (Å²) in [5, 5.41) is 0. The van der Waals surface area contributed by atoms with Gasteiger partial charge in [0.05, 0.1) is 0 Å². The fourth-order valence-corrected chi connectivity index (χ4v) is 14.8. The van der Waals surface area contributed by atoms with Crippen LogP contribution in [0.25, 0.3) is 0 Å². The van der Waals surface area contributed by atoms with Crippen LogP contribution in [0, 0.1) is 51.2 Å². The molecule has 9 fully saturated rings. The van der Waals surface area contributed by atoms with Crippen LogP contribution in [0.15, 0.2) is 24.3 Å². The second-order valence-corrected chi connectivity index (χ2v) is 12.4. The molecule has 1 amide bonds. The van der Waals surface area contributed by atoms with Gasteiger partial charge in [0.25, 0.3) is 0 Å². The third-order valence-electron chi connectivity index (χ3n) is 10.5. The van der Waals surface area contributed by atoms with Crippen LogP contribution < -0.4 is 28.6 Å². The molecule has 11 unspecified atom stereocenters. The Kier molecular flexibility index (Phi) is 2.40. The van der Waals surface area contributed by atoms with Crippen molar-refractivity contribution in [1.29, 1.82) is 0 Å². The molecule has 1 aliphatic heterocycles. The molecule has 10 rings (SSSR count). The van der Waals surface area contributed by atoms with Crippen LogP contribution in [-0.4, -0.2) is 15.4 Å². The summed E-state index contributed by atoms with van der Waals surface area (Å²) in [7, 11) is 0.0312. The molecule has 8 saturated carbocycles. The van der Waals surface area contributed by atoms with E-state index in [0.717, 1.165) is 51.5 Å². The van der Waals surface area contributed by atoms with E-state index in [9.17, 15) is 4.79 Å². The number of rotatable bonds is 2. The van der Waals surface area contributed by atoms with E-state index in [2.05, 4.69) is 28.1 Å². The Labute approximate surface area is 168 Å². The van der Waals surface area contributed by atoms with E-state index < -0.39 is 0 Å². The standard InChI is InChI=1S/C18H19NOSi.2ClH.Ti/c19-14(20)16-8-6-15-13(16)18(15,16)12-11(8)17(12,15)10-5-7-3-1-2-4-9(7)21-10;;;/h1-4,7-13H,5-6,21H2,(H2,19,20);2*1H;/q;;;+3/p-3. The van der Waals surface area contributed by atoms with Crippen LogP contribution in [0.3, 0.4) is 0 Å². The first-order valence-electron chi connectivity index (χ1n) is 9.07. The van der Waals surface area contributed by atoms with Crippen molar-refractivity contribution in [3.05, 3.63) is 24.3 Å². The first-order chi connectivity index (χ1) is 10.8. The van der Waals surface area contributed by atoms with Crippen molar-refractivity contribution in [3.63, 3.8) is 0 Å². The summed E-state index contributed by atoms with van der Waals surface area (Å²) in [6.45, 7) is 0. The largest absolute Gasteiger partial charge is 1.00 e. The van der Waals surface area contributed by atoms with Gasteiger partial charge in [0, 0.05) is 0 Å². The van der Waals surface area contributed by atoms with E-state index in [1.54, 1.807) is 0 Å². The van der Waals surface area contributed by atoms with Crippen molar-refractivity contribution < 1.29 is 50.3 Å². The maximum Gasteiger partial charge on any atom is -1.00 e. The molecule has 0 aromatic rings. The fourth-order valence-electron chi connectivity index (χ4n) is 11.0. The third kappa shape index (κ3) is 0.863. The number of carbonyl (C=O) groups excluding carboxylic acids is 1. The van der Waals surface area contributed by atoms with E-state index in [-0.39, 0.29) is 39.7 Å². The van der Waals surface area contributed by atoms with Gasteiger partial charge in [-0.3, -0.25) is 0 Å². The van der Waals surface area contributed by atoms with E-state index >= 15 is 0 Å². The van der Waals surface area contributed by atoms with Gasteiger partial charge in [-0.1, -0.05) is 0 Å². The summed E-state index contributed by atoms with van der Waals surface area (Å²) >= 11 is 1.86. The number of halogens is 2. The van der Waals surface area contributed by atoms with E-state index in [4.69, 9.17) is 0 Å². The van der Waals surface area contributed by atoms with Crippen LogP contribution in [0.5, 0.6) is 0 Å². The van der Waals surface area contributed by atoms with Crippen LogP contribution in [0.2, 0.25) is 11.1 Å². The molecule has 6 heteroatoms. The maximum atomic E-state index is 12.5. The number of amides is 1. The average molecular weight is 411 g/mol. The molecular weight excluding hydrogens is 393 g/mol. The van der Waals surface area contributed by atoms with Gasteiger partial charge in [0.2, 0.25) is 0 Å². The Balaban J connectivity index is 0.000000601. The molecule has 4 bridgehead atoms. The summed E-state index contributed by atoms with van der Waals surface area (Å²) in [4.78, 5) is 12.5. The topological polar surface area (TPSA) is 29.1 Å².